The number of hydrogen-bond donors (Lipinski definition) is 0. The summed E-state index contributed by atoms with van der Waals surface area (Å²) in [4.78, 5) is 15.8. The normalized spacial score (nSPS) is 20.6. The maximum absolute atomic E-state index is 10.8. The summed E-state index contributed by atoms with van der Waals surface area (Å²) in [5.74, 6) is 0.979. The zero-order valence-electron chi connectivity index (χ0n) is 11.0. The molecule has 0 aromatic heterocycles. The summed E-state index contributed by atoms with van der Waals surface area (Å²) in [5.41, 5.74) is 1.93. The maximum Gasteiger partial charge on any atom is 0.151 e. The molecule has 0 N–H and O–H groups in total. The van der Waals surface area contributed by atoms with Gasteiger partial charge in [-0.15, -0.1) is 0 Å². The SMILES string of the molecule is O=Cc1ccc(N2CCN(CC3CC3)CC2)cc1Br. The highest BCUT2D eigenvalue weighted by molar-refractivity contribution is 9.10. The molecule has 0 atom stereocenters. The summed E-state index contributed by atoms with van der Waals surface area (Å²) in [6.07, 6.45) is 3.75. The number of halogens is 1. The first-order valence-electron chi connectivity index (χ1n) is 6.98. The molecule has 1 aromatic rings. The molecule has 0 spiro atoms. The summed E-state index contributed by atoms with van der Waals surface area (Å²) in [6.45, 7) is 5.77. The van der Waals surface area contributed by atoms with E-state index in [1.54, 1.807) is 0 Å². The quantitative estimate of drug-likeness (QED) is 0.796. The lowest BCUT2D eigenvalue weighted by Crippen LogP contribution is -2.47. The van der Waals surface area contributed by atoms with Gasteiger partial charge in [0.15, 0.2) is 6.29 Å². The first-order valence-corrected chi connectivity index (χ1v) is 7.77. The van der Waals surface area contributed by atoms with Crippen molar-refractivity contribution in [2.24, 2.45) is 5.92 Å². The van der Waals surface area contributed by atoms with Crippen LogP contribution in [0.15, 0.2) is 22.7 Å². The highest BCUT2D eigenvalue weighted by atomic mass is 79.9. The number of carbonyl (C=O) groups excluding carboxylic acids is 1. The monoisotopic (exact) mass is 322 g/mol. The van der Waals surface area contributed by atoms with Crippen molar-refractivity contribution < 1.29 is 4.79 Å². The van der Waals surface area contributed by atoms with Gasteiger partial charge in [-0.25, -0.2) is 0 Å². The van der Waals surface area contributed by atoms with E-state index < -0.39 is 0 Å². The average molecular weight is 323 g/mol. The van der Waals surface area contributed by atoms with E-state index in [2.05, 4.69) is 31.8 Å². The fraction of sp³-hybridized carbons (Fsp3) is 0.533. The standard InChI is InChI=1S/C15H19BrN2O/c16-15-9-14(4-3-13(15)11-19)18-7-5-17(6-8-18)10-12-1-2-12/h3-4,9,11-12H,1-2,5-8,10H2. The topological polar surface area (TPSA) is 23.6 Å². The Morgan fingerprint density at radius 2 is 1.95 bits per heavy atom. The van der Waals surface area contributed by atoms with Crippen LogP contribution in [0.1, 0.15) is 23.2 Å². The van der Waals surface area contributed by atoms with Crippen molar-refractivity contribution >= 4 is 27.9 Å². The minimum absolute atomic E-state index is 0.719. The van der Waals surface area contributed by atoms with Crippen molar-refractivity contribution in [3.05, 3.63) is 28.2 Å². The first kappa shape index (κ1) is 13.1. The number of rotatable bonds is 4. The lowest BCUT2D eigenvalue weighted by Gasteiger charge is -2.36. The van der Waals surface area contributed by atoms with E-state index in [0.717, 1.165) is 48.4 Å². The van der Waals surface area contributed by atoms with E-state index >= 15 is 0 Å². The number of anilines is 1. The minimum atomic E-state index is 0.719. The van der Waals surface area contributed by atoms with Crippen LogP contribution in [0.2, 0.25) is 0 Å². The molecule has 2 aliphatic rings. The van der Waals surface area contributed by atoms with Crippen LogP contribution in [0.5, 0.6) is 0 Å². The van der Waals surface area contributed by atoms with E-state index in [1.165, 1.54) is 25.1 Å². The summed E-state index contributed by atoms with van der Waals surface area (Å²) in [5, 5.41) is 0. The van der Waals surface area contributed by atoms with Gasteiger partial charge < -0.3 is 4.90 Å². The van der Waals surface area contributed by atoms with Crippen molar-refractivity contribution in [3.8, 4) is 0 Å². The molecular weight excluding hydrogens is 304 g/mol. The summed E-state index contributed by atoms with van der Waals surface area (Å²) >= 11 is 3.46. The molecule has 2 fully saturated rings. The second kappa shape index (κ2) is 5.63. The molecule has 3 nitrogen and oxygen atoms in total. The van der Waals surface area contributed by atoms with Gasteiger partial charge in [-0.2, -0.15) is 0 Å². The molecule has 19 heavy (non-hydrogen) atoms. The second-order valence-corrected chi connectivity index (χ2v) is 6.41. The van der Waals surface area contributed by atoms with Crippen LogP contribution in [-0.4, -0.2) is 43.9 Å². The Morgan fingerprint density at radius 1 is 1.21 bits per heavy atom. The summed E-state index contributed by atoms with van der Waals surface area (Å²) < 4.78 is 0.889. The van der Waals surface area contributed by atoms with Crippen molar-refractivity contribution in [3.63, 3.8) is 0 Å². The minimum Gasteiger partial charge on any atom is -0.369 e. The maximum atomic E-state index is 10.8. The molecule has 1 aromatic carbocycles. The van der Waals surface area contributed by atoms with Crippen LogP contribution in [-0.2, 0) is 0 Å². The Kier molecular flexibility index (Phi) is 3.89. The highest BCUT2D eigenvalue weighted by Crippen LogP contribution is 2.30. The van der Waals surface area contributed by atoms with Gasteiger partial charge in [0.25, 0.3) is 0 Å². The third-order valence-electron chi connectivity index (χ3n) is 4.06. The Labute approximate surface area is 122 Å². The Morgan fingerprint density at radius 3 is 2.53 bits per heavy atom. The number of benzene rings is 1. The first-order chi connectivity index (χ1) is 9.26. The molecular formula is C15H19BrN2O. The zero-order valence-corrected chi connectivity index (χ0v) is 12.6. The van der Waals surface area contributed by atoms with Crippen LogP contribution in [0.25, 0.3) is 0 Å². The van der Waals surface area contributed by atoms with Gasteiger partial charge in [0.1, 0.15) is 0 Å². The van der Waals surface area contributed by atoms with Gasteiger partial charge in [-0.1, -0.05) is 0 Å². The van der Waals surface area contributed by atoms with E-state index in [-0.39, 0.29) is 0 Å². The molecule has 0 amide bonds. The summed E-state index contributed by atoms with van der Waals surface area (Å²) in [6, 6.07) is 5.99. The van der Waals surface area contributed by atoms with E-state index in [9.17, 15) is 4.79 Å². The molecule has 0 bridgehead atoms. The molecule has 1 heterocycles. The molecule has 1 saturated heterocycles. The van der Waals surface area contributed by atoms with E-state index in [1.807, 2.05) is 12.1 Å². The van der Waals surface area contributed by atoms with Gasteiger partial charge in [-0.3, -0.25) is 9.69 Å². The molecule has 1 aliphatic heterocycles. The molecule has 0 unspecified atom stereocenters. The van der Waals surface area contributed by atoms with E-state index in [0.29, 0.717) is 0 Å². The lowest BCUT2D eigenvalue weighted by molar-refractivity contribution is 0.112. The predicted molar refractivity (Wildman–Crippen MR) is 80.9 cm³/mol. The molecule has 1 aliphatic carbocycles. The molecule has 4 heteroatoms. The summed E-state index contributed by atoms with van der Waals surface area (Å²) in [7, 11) is 0. The third kappa shape index (κ3) is 3.18. The van der Waals surface area contributed by atoms with Gasteiger partial charge in [0.05, 0.1) is 0 Å². The van der Waals surface area contributed by atoms with E-state index in [4.69, 9.17) is 0 Å². The van der Waals surface area contributed by atoms with Gasteiger partial charge in [0, 0.05) is 48.4 Å². The van der Waals surface area contributed by atoms with Crippen molar-refractivity contribution in [1.82, 2.24) is 4.90 Å². The number of piperazine rings is 1. The lowest BCUT2D eigenvalue weighted by atomic mass is 10.2. The molecule has 102 valence electrons. The van der Waals surface area contributed by atoms with Crippen LogP contribution >= 0.6 is 15.9 Å². The Balaban J connectivity index is 1.60. The predicted octanol–water partition coefficient (Wildman–Crippen LogP) is 2.79. The Hall–Kier alpha value is -0.870. The second-order valence-electron chi connectivity index (χ2n) is 5.55. The van der Waals surface area contributed by atoms with Crippen molar-refractivity contribution in [2.45, 2.75) is 12.8 Å². The van der Waals surface area contributed by atoms with Crippen LogP contribution in [0, 0.1) is 5.92 Å². The van der Waals surface area contributed by atoms with Gasteiger partial charge >= 0.3 is 0 Å². The number of nitrogens with zero attached hydrogens (tertiary/aromatic N) is 2. The fourth-order valence-corrected chi connectivity index (χ4v) is 3.12. The highest BCUT2D eigenvalue weighted by Gasteiger charge is 2.26. The average Bonchev–Trinajstić information content (AvgIpc) is 3.23. The van der Waals surface area contributed by atoms with Gasteiger partial charge in [-0.05, 0) is 52.9 Å². The van der Waals surface area contributed by atoms with Crippen LogP contribution in [0.3, 0.4) is 0 Å². The van der Waals surface area contributed by atoms with Gasteiger partial charge in [0.2, 0.25) is 0 Å². The molecule has 1 saturated carbocycles. The van der Waals surface area contributed by atoms with Crippen LogP contribution < -0.4 is 4.90 Å². The Bertz CT molecular complexity index is 465. The number of aldehydes is 1. The number of carbonyl (C=O) groups is 1. The van der Waals surface area contributed by atoms with Crippen molar-refractivity contribution in [1.29, 1.82) is 0 Å². The fourth-order valence-electron chi connectivity index (χ4n) is 2.66. The zero-order chi connectivity index (χ0) is 13.2. The van der Waals surface area contributed by atoms with Crippen LogP contribution in [0.4, 0.5) is 5.69 Å². The third-order valence-corrected chi connectivity index (χ3v) is 4.75. The van der Waals surface area contributed by atoms with Crippen molar-refractivity contribution in [2.75, 3.05) is 37.6 Å². The molecule has 0 radical (unpaired) electrons. The smallest absolute Gasteiger partial charge is 0.151 e. The molecule has 3 rings (SSSR count). The largest absolute Gasteiger partial charge is 0.369 e. The number of hydrogen-bond acceptors (Lipinski definition) is 3.